The van der Waals surface area contributed by atoms with Gasteiger partial charge in [0.2, 0.25) is 5.91 Å². The highest BCUT2D eigenvalue weighted by molar-refractivity contribution is 5.84. The van der Waals surface area contributed by atoms with Crippen molar-refractivity contribution in [3.63, 3.8) is 0 Å². The highest BCUT2D eigenvalue weighted by Crippen LogP contribution is 2.62. The third kappa shape index (κ3) is 3.14. The summed E-state index contributed by atoms with van der Waals surface area (Å²) in [5, 5.41) is 12.0. The number of amides is 1. The molecular weight excluding hydrogens is 433 g/mol. The van der Waals surface area contributed by atoms with Crippen LogP contribution in [0, 0.1) is 35.4 Å². The van der Waals surface area contributed by atoms with Crippen LogP contribution in [-0.2, 0) is 4.79 Å². The van der Waals surface area contributed by atoms with E-state index in [2.05, 4.69) is 32.0 Å². The Morgan fingerprint density at radius 3 is 2.71 bits per heavy atom. The fraction of sp³-hybridized carbons (Fsp3) is 0.538. The highest BCUT2D eigenvalue weighted by Gasteiger charge is 2.62. The molecule has 7 nitrogen and oxygen atoms in total. The second kappa shape index (κ2) is 7.23. The molecule has 8 heteroatoms. The van der Waals surface area contributed by atoms with Gasteiger partial charge in [0.1, 0.15) is 24.2 Å². The summed E-state index contributed by atoms with van der Waals surface area (Å²) in [5.74, 6) is 2.76. The number of nitrogens with zero attached hydrogens (tertiary/aromatic N) is 4. The van der Waals surface area contributed by atoms with Gasteiger partial charge in [-0.25, -0.2) is 4.39 Å². The molecule has 1 amide bonds. The van der Waals surface area contributed by atoms with Crippen molar-refractivity contribution >= 4 is 16.8 Å². The molecule has 5 aliphatic rings. The molecule has 1 aromatic carbocycles. The van der Waals surface area contributed by atoms with Gasteiger partial charge in [0.05, 0.1) is 11.6 Å². The quantitative estimate of drug-likeness (QED) is 0.602. The van der Waals surface area contributed by atoms with Crippen molar-refractivity contribution < 1.29 is 13.9 Å². The van der Waals surface area contributed by atoms with E-state index in [0.717, 1.165) is 37.6 Å². The van der Waals surface area contributed by atoms with E-state index in [4.69, 9.17) is 4.74 Å². The third-order valence-electron chi connectivity index (χ3n) is 9.07. The summed E-state index contributed by atoms with van der Waals surface area (Å²) < 4.78 is 22.1. The molecule has 6 atom stereocenters. The lowest BCUT2D eigenvalue weighted by molar-refractivity contribution is -0.128. The number of pyridine rings is 1. The van der Waals surface area contributed by atoms with Gasteiger partial charge in [-0.15, -0.1) is 10.2 Å². The molecule has 2 bridgehead atoms. The molecular formula is C26H28FN5O2. The van der Waals surface area contributed by atoms with Crippen LogP contribution in [0.4, 0.5) is 4.39 Å². The Labute approximate surface area is 197 Å². The molecule has 5 saturated carbocycles. The number of benzene rings is 1. The molecule has 0 saturated heterocycles. The molecule has 0 radical (unpaired) electrons. The first-order valence-electron chi connectivity index (χ1n) is 12.4. The molecule has 2 aromatic heterocycles. The Morgan fingerprint density at radius 1 is 1.18 bits per heavy atom. The molecule has 0 spiro atoms. The average molecular weight is 462 g/mol. The minimum Gasteiger partial charge on any atom is -0.490 e. The predicted molar refractivity (Wildman–Crippen MR) is 122 cm³/mol. The molecule has 5 fully saturated rings. The zero-order chi connectivity index (χ0) is 23.0. The average Bonchev–Trinajstić information content (AvgIpc) is 3.34. The van der Waals surface area contributed by atoms with Crippen LogP contribution < -0.4 is 10.1 Å². The van der Waals surface area contributed by atoms with Crippen molar-refractivity contribution in [3.05, 3.63) is 48.9 Å². The molecule has 8 rings (SSSR count). The SMILES string of the molecule is CC(C(=O)NC12CC(C1)C(n1cnnc1)C2)[C@H]1[C@@H]2C[C@@H](Oc3ccnc4ccc(F)cc34)C[C@@H]21. The van der Waals surface area contributed by atoms with Gasteiger partial charge >= 0.3 is 0 Å². The maximum Gasteiger partial charge on any atom is 0.223 e. The molecule has 34 heavy (non-hydrogen) atoms. The first-order valence-corrected chi connectivity index (χ1v) is 12.4. The highest BCUT2D eigenvalue weighted by atomic mass is 19.1. The van der Waals surface area contributed by atoms with E-state index in [-0.39, 0.29) is 29.3 Å². The van der Waals surface area contributed by atoms with E-state index < -0.39 is 0 Å². The van der Waals surface area contributed by atoms with Gasteiger partial charge in [-0.05, 0) is 80.0 Å². The summed E-state index contributed by atoms with van der Waals surface area (Å²) in [6, 6.07) is 6.82. The van der Waals surface area contributed by atoms with Crippen LogP contribution in [0.25, 0.3) is 10.9 Å². The van der Waals surface area contributed by atoms with E-state index in [1.54, 1.807) is 24.9 Å². The second-order valence-corrected chi connectivity index (χ2v) is 11.0. The van der Waals surface area contributed by atoms with Crippen molar-refractivity contribution in [2.24, 2.45) is 29.6 Å². The number of ether oxygens (including phenoxy) is 1. The molecule has 2 heterocycles. The summed E-state index contributed by atoms with van der Waals surface area (Å²) in [6.45, 7) is 2.09. The monoisotopic (exact) mass is 461 g/mol. The lowest BCUT2D eigenvalue weighted by Crippen LogP contribution is -2.53. The normalized spacial score (nSPS) is 36.1. The van der Waals surface area contributed by atoms with Crippen molar-refractivity contribution in [3.8, 4) is 5.75 Å². The van der Waals surface area contributed by atoms with Crippen LogP contribution in [-0.4, -0.2) is 37.3 Å². The van der Waals surface area contributed by atoms with Gasteiger partial charge in [0.15, 0.2) is 0 Å². The summed E-state index contributed by atoms with van der Waals surface area (Å²) in [7, 11) is 0. The molecule has 5 aliphatic carbocycles. The Hall–Kier alpha value is -3.03. The van der Waals surface area contributed by atoms with Crippen molar-refractivity contribution in [2.75, 3.05) is 0 Å². The van der Waals surface area contributed by atoms with Crippen LogP contribution in [0.3, 0.4) is 0 Å². The summed E-state index contributed by atoms with van der Waals surface area (Å²) in [5.41, 5.74) is 0.694. The van der Waals surface area contributed by atoms with Gasteiger partial charge in [-0.3, -0.25) is 9.78 Å². The minimum atomic E-state index is -0.285. The molecule has 0 aliphatic heterocycles. The first kappa shape index (κ1) is 20.4. The topological polar surface area (TPSA) is 81.9 Å². The number of carbonyl (C=O) groups is 1. The number of aromatic nitrogens is 4. The van der Waals surface area contributed by atoms with E-state index in [1.165, 1.54) is 12.1 Å². The fourth-order valence-corrected chi connectivity index (χ4v) is 7.44. The molecule has 2 unspecified atom stereocenters. The summed E-state index contributed by atoms with van der Waals surface area (Å²) >= 11 is 0. The summed E-state index contributed by atoms with van der Waals surface area (Å²) in [6.07, 6.45) is 10.4. The summed E-state index contributed by atoms with van der Waals surface area (Å²) in [4.78, 5) is 17.5. The molecule has 176 valence electrons. The van der Waals surface area contributed by atoms with Gasteiger partial charge in [-0.2, -0.15) is 0 Å². The van der Waals surface area contributed by atoms with Crippen LogP contribution >= 0.6 is 0 Å². The number of hydrogen-bond donors (Lipinski definition) is 1. The van der Waals surface area contributed by atoms with Crippen molar-refractivity contribution in [1.82, 2.24) is 25.1 Å². The van der Waals surface area contributed by atoms with E-state index in [0.29, 0.717) is 40.8 Å². The van der Waals surface area contributed by atoms with E-state index >= 15 is 0 Å². The number of fused-ring (bicyclic) bond motifs is 3. The first-order chi connectivity index (χ1) is 16.5. The van der Waals surface area contributed by atoms with Crippen LogP contribution in [0.2, 0.25) is 0 Å². The number of hydrogen-bond acceptors (Lipinski definition) is 5. The maximum atomic E-state index is 13.8. The number of nitrogens with one attached hydrogen (secondary N) is 1. The Morgan fingerprint density at radius 2 is 1.94 bits per heavy atom. The zero-order valence-electron chi connectivity index (χ0n) is 19.1. The maximum absolute atomic E-state index is 13.8. The van der Waals surface area contributed by atoms with Crippen LogP contribution in [0.1, 0.15) is 45.1 Å². The van der Waals surface area contributed by atoms with E-state index in [1.807, 2.05) is 6.07 Å². The zero-order valence-corrected chi connectivity index (χ0v) is 19.1. The Balaban J connectivity index is 0.957. The number of halogens is 1. The number of carbonyl (C=O) groups excluding carboxylic acids is 1. The minimum absolute atomic E-state index is 0.0224. The van der Waals surface area contributed by atoms with Gasteiger partial charge < -0.3 is 14.6 Å². The Bertz CT molecular complexity index is 1250. The Kier molecular flexibility index (Phi) is 4.33. The lowest BCUT2D eigenvalue weighted by Gasteiger charge is -2.40. The third-order valence-corrected chi connectivity index (χ3v) is 9.07. The lowest BCUT2D eigenvalue weighted by atomic mass is 9.76. The standard InChI is InChI=1S/C26H28FN5O2/c1-14(25(33)31-26-9-15(10-26)22(11-26)32-12-29-30-13-32)24-18-7-17(8-19(18)24)34-23-4-5-28-21-3-2-16(27)6-20(21)23/h2-6,12-15,17-19,22,24H,7-11H2,1H3,(H,31,33)/t14?,15?,17-,18-,19+,22?,24+,26?. The fourth-order valence-electron chi connectivity index (χ4n) is 7.44. The van der Waals surface area contributed by atoms with Crippen molar-refractivity contribution in [1.29, 1.82) is 0 Å². The molecule has 3 aromatic rings. The van der Waals surface area contributed by atoms with E-state index in [9.17, 15) is 9.18 Å². The predicted octanol–water partition coefficient (Wildman–Crippen LogP) is 3.91. The van der Waals surface area contributed by atoms with Crippen molar-refractivity contribution in [2.45, 2.75) is 56.7 Å². The smallest absolute Gasteiger partial charge is 0.223 e. The van der Waals surface area contributed by atoms with Gasteiger partial charge in [0, 0.05) is 29.1 Å². The van der Waals surface area contributed by atoms with Crippen LogP contribution in [0.5, 0.6) is 5.75 Å². The van der Waals surface area contributed by atoms with Crippen LogP contribution in [0.15, 0.2) is 43.1 Å². The van der Waals surface area contributed by atoms with Gasteiger partial charge in [0.25, 0.3) is 0 Å². The van der Waals surface area contributed by atoms with Gasteiger partial charge in [-0.1, -0.05) is 6.92 Å². The largest absolute Gasteiger partial charge is 0.490 e. The number of rotatable bonds is 6. The second-order valence-electron chi connectivity index (χ2n) is 11.0. The molecule has 1 N–H and O–H groups in total.